The van der Waals surface area contributed by atoms with Gasteiger partial charge in [-0.1, -0.05) is 23.2 Å². The molecule has 0 amide bonds. The lowest BCUT2D eigenvalue weighted by Crippen LogP contribution is -2.35. The van der Waals surface area contributed by atoms with Gasteiger partial charge in [0.2, 0.25) is 5.95 Å². The van der Waals surface area contributed by atoms with E-state index in [2.05, 4.69) is 14.9 Å². The molecule has 0 bridgehead atoms. The zero-order valence-electron chi connectivity index (χ0n) is 11.9. The summed E-state index contributed by atoms with van der Waals surface area (Å²) in [4.78, 5) is 10.8. The Morgan fingerprint density at radius 1 is 1.23 bits per heavy atom. The average molecular weight is 339 g/mol. The molecule has 3 rings (SSSR count). The molecular weight excluding hydrogens is 323 g/mol. The fraction of sp³-hybridized carbons (Fsp3) is 0.333. The fourth-order valence-corrected chi connectivity index (χ4v) is 2.95. The summed E-state index contributed by atoms with van der Waals surface area (Å²) in [7, 11) is 0. The van der Waals surface area contributed by atoms with Crippen molar-refractivity contribution in [2.45, 2.75) is 6.54 Å². The monoisotopic (exact) mass is 338 g/mol. The summed E-state index contributed by atoms with van der Waals surface area (Å²) in [6, 6.07) is 5.35. The van der Waals surface area contributed by atoms with Crippen molar-refractivity contribution in [1.82, 2.24) is 14.9 Å². The molecule has 0 atom stereocenters. The molecule has 1 saturated heterocycles. The minimum atomic E-state index is 0.228. The number of aromatic nitrogens is 2. The Labute approximate surface area is 139 Å². The molecular formula is C15H16Cl2N4O. The summed E-state index contributed by atoms with van der Waals surface area (Å²) in [6.45, 7) is 3.99. The van der Waals surface area contributed by atoms with Crippen molar-refractivity contribution in [3.05, 3.63) is 40.0 Å². The summed E-state index contributed by atoms with van der Waals surface area (Å²) >= 11 is 12.3. The first kappa shape index (κ1) is 15.5. The summed E-state index contributed by atoms with van der Waals surface area (Å²) < 4.78 is 5.38. The van der Waals surface area contributed by atoms with Crippen molar-refractivity contribution >= 4 is 29.2 Å². The van der Waals surface area contributed by atoms with Gasteiger partial charge in [-0.05, 0) is 18.2 Å². The number of nitrogen functional groups attached to an aromatic ring is 1. The van der Waals surface area contributed by atoms with Crippen LogP contribution in [-0.4, -0.2) is 41.2 Å². The highest BCUT2D eigenvalue weighted by Crippen LogP contribution is 2.32. The Morgan fingerprint density at radius 2 is 2.00 bits per heavy atom. The first-order valence-electron chi connectivity index (χ1n) is 7.00. The van der Waals surface area contributed by atoms with Gasteiger partial charge in [-0.3, -0.25) is 4.90 Å². The quantitative estimate of drug-likeness (QED) is 0.932. The number of nitrogens with zero attached hydrogens (tertiary/aromatic N) is 3. The number of rotatable bonds is 3. The highest BCUT2D eigenvalue weighted by molar-refractivity contribution is 6.36. The SMILES string of the molecule is Nc1ncc(CN2CCOCC2)c(-c2ccc(Cl)cc2Cl)n1. The summed E-state index contributed by atoms with van der Waals surface area (Å²) in [5, 5.41) is 1.14. The van der Waals surface area contributed by atoms with Gasteiger partial charge in [0, 0.05) is 42.0 Å². The van der Waals surface area contributed by atoms with E-state index in [0.29, 0.717) is 10.0 Å². The van der Waals surface area contributed by atoms with Gasteiger partial charge >= 0.3 is 0 Å². The Morgan fingerprint density at radius 3 is 2.73 bits per heavy atom. The van der Waals surface area contributed by atoms with Crippen LogP contribution in [0.25, 0.3) is 11.3 Å². The molecule has 0 spiro atoms. The molecule has 0 aliphatic carbocycles. The van der Waals surface area contributed by atoms with E-state index in [0.717, 1.165) is 49.7 Å². The zero-order chi connectivity index (χ0) is 15.5. The lowest BCUT2D eigenvalue weighted by atomic mass is 10.1. The highest BCUT2D eigenvalue weighted by Gasteiger charge is 2.17. The molecule has 0 saturated carbocycles. The molecule has 116 valence electrons. The third-order valence-electron chi connectivity index (χ3n) is 3.57. The normalized spacial score (nSPS) is 15.9. The number of morpholine rings is 1. The van der Waals surface area contributed by atoms with Crippen LogP contribution < -0.4 is 5.73 Å². The zero-order valence-corrected chi connectivity index (χ0v) is 13.4. The van der Waals surface area contributed by atoms with Crippen LogP contribution in [-0.2, 0) is 11.3 Å². The van der Waals surface area contributed by atoms with Crippen molar-refractivity contribution in [1.29, 1.82) is 0 Å². The third kappa shape index (κ3) is 3.50. The second kappa shape index (κ2) is 6.79. The van der Waals surface area contributed by atoms with Crippen molar-refractivity contribution < 1.29 is 4.74 Å². The second-order valence-electron chi connectivity index (χ2n) is 5.11. The van der Waals surface area contributed by atoms with Crippen LogP contribution in [0.4, 0.5) is 5.95 Å². The molecule has 22 heavy (non-hydrogen) atoms. The highest BCUT2D eigenvalue weighted by atomic mass is 35.5. The lowest BCUT2D eigenvalue weighted by molar-refractivity contribution is 0.0342. The average Bonchev–Trinajstić information content (AvgIpc) is 2.50. The van der Waals surface area contributed by atoms with E-state index in [1.807, 2.05) is 6.07 Å². The van der Waals surface area contributed by atoms with E-state index in [-0.39, 0.29) is 5.95 Å². The number of nitrogens with two attached hydrogens (primary N) is 1. The topological polar surface area (TPSA) is 64.3 Å². The Kier molecular flexibility index (Phi) is 4.78. The number of ether oxygens (including phenoxy) is 1. The molecule has 2 N–H and O–H groups in total. The van der Waals surface area contributed by atoms with Gasteiger partial charge in [0.15, 0.2) is 0 Å². The van der Waals surface area contributed by atoms with Crippen LogP contribution in [0.1, 0.15) is 5.56 Å². The molecule has 2 aromatic rings. The van der Waals surface area contributed by atoms with E-state index in [9.17, 15) is 0 Å². The van der Waals surface area contributed by atoms with Crippen molar-refractivity contribution in [3.63, 3.8) is 0 Å². The van der Waals surface area contributed by atoms with E-state index in [4.69, 9.17) is 33.7 Å². The molecule has 1 fully saturated rings. The maximum Gasteiger partial charge on any atom is 0.220 e. The smallest absolute Gasteiger partial charge is 0.220 e. The standard InChI is InChI=1S/C15H16Cl2N4O/c16-11-1-2-12(13(17)7-11)14-10(8-19-15(18)20-14)9-21-3-5-22-6-4-21/h1-2,7-8H,3-6,9H2,(H2,18,19,20). The molecule has 1 aromatic carbocycles. The molecule has 0 radical (unpaired) electrons. The molecule has 0 unspecified atom stereocenters. The molecule has 1 aromatic heterocycles. The molecule has 5 nitrogen and oxygen atoms in total. The Bertz CT molecular complexity index is 675. The van der Waals surface area contributed by atoms with Crippen LogP contribution in [0.15, 0.2) is 24.4 Å². The fourth-order valence-electron chi connectivity index (χ4n) is 2.45. The van der Waals surface area contributed by atoms with Gasteiger partial charge in [-0.15, -0.1) is 0 Å². The van der Waals surface area contributed by atoms with Crippen molar-refractivity contribution in [2.75, 3.05) is 32.0 Å². The van der Waals surface area contributed by atoms with Gasteiger partial charge in [0.1, 0.15) is 0 Å². The first-order chi connectivity index (χ1) is 10.6. The molecule has 2 heterocycles. The number of hydrogen-bond donors (Lipinski definition) is 1. The Hall–Kier alpha value is -1.40. The molecule has 1 aliphatic heterocycles. The van der Waals surface area contributed by atoms with Crippen LogP contribution in [0, 0.1) is 0 Å². The van der Waals surface area contributed by atoms with Gasteiger partial charge in [-0.25, -0.2) is 9.97 Å². The van der Waals surface area contributed by atoms with Crippen LogP contribution in [0.2, 0.25) is 10.0 Å². The van der Waals surface area contributed by atoms with Crippen LogP contribution >= 0.6 is 23.2 Å². The van der Waals surface area contributed by atoms with Gasteiger partial charge in [-0.2, -0.15) is 0 Å². The van der Waals surface area contributed by atoms with Gasteiger partial charge < -0.3 is 10.5 Å². The van der Waals surface area contributed by atoms with E-state index < -0.39 is 0 Å². The Balaban J connectivity index is 1.96. The van der Waals surface area contributed by atoms with Crippen LogP contribution in [0.3, 0.4) is 0 Å². The number of benzene rings is 1. The first-order valence-corrected chi connectivity index (χ1v) is 7.76. The summed E-state index contributed by atoms with van der Waals surface area (Å²) in [6.07, 6.45) is 1.76. The maximum absolute atomic E-state index is 6.31. The summed E-state index contributed by atoms with van der Waals surface area (Å²) in [5.41, 5.74) is 8.30. The number of hydrogen-bond acceptors (Lipinski definition) is 5. The predicted molar refractivity (Wildman–Crippen MR) is 88.0 cm³/mol. The summed E-state index contributed by atoms with van der Waals surface area (Å²) in [5.74, 6) is 0.228. The lowest BCUT2D eigenvalue weighted by Gasteiger charge is -2.27. The third-order valence-corrected chi connectivity index (χ3v) is 4.11. The van der Waals surface area contributed by atoms with Crippen LogP contribution in [0.5, 0.6) is 0 Å². The van der Waals surface area contributed by atoms with E-state index >= 15 is 0 Å². The second-order valence-corrected chi connectivity index (χ2v) is 5.96. The molecule has 1 aliphatic rings. The van der Waals surface area contributed by atoms with Crippen molar-refractivity contribution in [2.24, 2.45) is 0 Å². The van der Waals surface area contributed by atoms with Gasteiger partial charge in [0.25, 0.3) is 0 Å². The predicted octanol–water partition coefficient (Wildman–Crippen LogP) is 2.86. The van der Waals surface area contributed by atoms with E-state index in [1.54, 1.807) is 18.3 Å². The minimum absolute atomic E-state index is 0.228. The van der Waals surface area contributed by atoms with Gasteiger partial charge in [0.05, 0.1) is 23.9 Å². The van der Waals surface area contributed by atoms with E-state index in [1.165, 1.54) is 0 Å². The maximum atomic E-state index is 6.31. The number of anilines is 1. The van der Waals surface area contributed by atoms with Crippen molar-refractivity contribution in [3.8, 4) is 11.3 Å². The number of halogens is 2. The largest absolute Gasteiger partial charge is 0.379 e. The molecule has 7 heteroatoms. The minimum Gasteiger partial charge on any atom is -0.379 e.